The number of carboxylic acids is 2. The van der Waals surface area contributed by atoms with E-state index < -0.39 is 11.9 Å². The summed E-state index contributed by atoms with van der Waals surface area (Å²) in [6.07, 6.45) is 4.20. The maximum atomic E-state index is 11.6. The molecule has 0 amide bonds. The first kappa shape index (κ1) is 18.4. The van der Waals surface area contributed by atoms with E-state index >= 15 is 0 Å². The molecule has 0 saturated heterocycles. The molecule has 6 heteroatoms. The fraction of sp³-hybridized carbons (Fsp3) is 0.556. The third-order valence-corrected chi connectivity index (χ3v) is 4.97. The Labute approximate surface area is 140 Å². The van der Waals surface area contributed by atoms with Crippen molar-refractivity contribution in [2.45, 2.75) is 38.5 Å². The molecule has 4 N–H and O–H groups in total. The van der Waals surface area contributed by atoms with Crippen molar-refractivity contribution in [1.29, 1.82) is 0 Å². The van der Waals surface area contributed by atoms with Crippen molar-refractivity contribution in [3.05, 3.63) is 34.4 Å². The summed E-state index contributed by atoms with van der Waals surface area (Å²) in [5, 5.41) is 37.3. The van der Waals surface area contributed by atoms with E-state index in [1.807, 2.05) is 0 Å². The highest BCUT2D eigenvalue weighted by molar-refractivity contribution is 5.95. The van der Waals surface area contributed by atoms with E-state index in [-0.39, 0.29) is 36.7 Å². The van der Waals surface area contributed by atoms with Crippen molar-refractivity contribution in [1.82, 2.24) is 0 Å². The Balaban J connectivity index is 2.35. The first-order chi connectivity index (χ1) is 11.5. The van der Waals surface area contributed by atoms with Crippen molar-refractivity contribution in [2.24, 2.45) is 11.8 Å². The second-order valence-corrected chi connectivity index (χ2v) is 6.48. The minimum Gasteiger partial charge on any atom is -0.478 e. The second-order valence-electron chi connectivity index (χ2n) is 6.48. The predicted octanol–water partition coefficient (Wildman–Crippen LogP) is 1.96. The largest absolute Gasteiger partial charge is 0.478 e. The lowest BCUT2D eigenvalue weighted by atomic mass is 9.77. The van der Waals surface area contributed by atoms with Crippen molar-refractivity contribution in [3.63, 3.8) is 0 Å². The molecule has 1 aliphatic rings. The highest BCUT2D eigenvalue weighted by Crippen LogP contribution is 2.33. The molecular weight excluding hydrogens is 312 g/mol. The highest BCUT2D eigenvalue weighted by Gasteiger charge is 2.26. The van der Waals surface area contributed by atoms with Gasteiger partial charge in [-0.3, -0.25) is 0 Å². The van der Waals surface area contributed by atoms with E-state index in [4.69, 9.17) is 0 Å². The fourth-order valence-electron chi connectivity index (χ4n) is 3.63. The van der Waals surface area contributed by atoms with Crippen LogP contribution in [0.5, 0.6) is 0 Å². The average molecular weight is 336 g/mol. The van der Waals surface area contributed by atoms with Gasteiger partial charge in [-0.1, -0.05) is 0 Å². The maximum absolute atomic E-state index is 11.6. The number of hydrogen-bond donors (Lipinski definition) is 4. The number of rotatable bonds is 7. The van der Waals surface area contributed by atoms with Crippen molar-refractivity contribution in [3.8, 4) is 0 Å². The quantitative estimate of drug-likeness (QED) is 0.605. The van der Waals surface area contributed by atoms with Crippen LogP contribution >= 0.6 is 0 Å². The summed E-state index contributed by atoms with van der Waals surface area (Å²) >= 11 is 0. The first-order valence-corrected chi connectivity index (χ1v) is 8.31. The molecule has 132 valence electrons. The van der Waals surface area contributed by atoms with Crippen LogP contribution in [0, 0.1) is 11.8 Å². The Hall–Kier alpha value is -1.92. The molecule has 1 aliphatic carbocycles. The van der Waals surface area contributed by atoms with Crippen LogP contribution in [0.4, 0.5) is 0 Å². The predicted molar refractivity (Wildman–Crippen MR) is 87.4 cm³/mol. The van der Waals surface area contributed by atoms with Gasteiger partial charge < -0.3 is 20.4 Å². The summed E-state index contributed by atoms with van der Waals surface area (Å²) in [5.74, 6) is -1.61. The van der Waals surface area contributed by atoms with Gasteiger partial charge >= 0.3 is 11.9 Å². The van der Waals surface area contributed by atoms with Gasteiger partial charge in [0.1, 0.15) is 0 Å². The third-order valence-electron chi connectivity index (χ3n) is 4.97. The number of aliphatic hydroxyl groups is 2. The molecule has 0 unspecified atom stereocenters. The summed E-state index contributed by atoms with van der Waals surface area (Å²) in [4.78, 5) is 23.0. The van der Waals surface area contributed by atoms with Crippen LogP contribution < -0.4 is 0 Å². The number of benzene rings is 1. The lowest BCUT2D eigenvalue weighted by Gasteiger charge is -2.28. The summed E-state index contributed by atoms with van der Waals surface area (Å²) in [5.41, 5.74) is 1.14. The Bertz CT molecular complexity index is 602. The van der Waals surface area contributed by atoms with Crippen LogP contribution in [0.3, 0.4) is 0 Å². The zero-order chi connectivity index (χ0) is 17.7. The fourth-order valence-corrected chi connectivity index (χ4v) is 3.63. The van der Waals surface area contributed by atoms with Gasteiger partial charge in [-0.2, -0.15) is 0 Å². The van der Waals surface area contributed by atoms with E-state index in [0.29, 0.717) is 23.5 Å². The van der Waals surface area contributed by atoms with Gasteiger partial charge in [-0.25, -0.2) is 9.59 Å². The molecule has 1 fully saturated rings. The molecule has 0 aliphatic heterocycles. The van der Waals surface area contributed by atoms with E-state index in [2.05, 4.69) is 0 Å². The minimum atomic E-state index is -1.11. The first-order valence-electron chi connectivity index (χ1n) is 8.31. The molecular formula is C18H24O6. The number of aromatic carboxylic acids is 2. The second kappa shape index (κ2) is 8.26. The molecule has 1 saturated carbocycles. The summed E-state index contributed by atoms with van der Waals surface area (Å²) in [6.45, 7) is -0.0506. The molecule has 0 aromatic heterocycles. The lowest BCUT2D eigenvalue weighted by molar-refractivity contribution is 0.0678. The van der Waals surface area contributed by atoms with E-state index in [1.54, 1.807) is 0 Å². The van der Waals surface area contributed by atoms with Crippen LogP contribution in [0.1, 0.15) is 57.5 Å². The number of hydrogen-bond acceptors (Lipinski definition) is 4. The Kier molecular flexibility index (Phi) is 6.34. The third kappa shape index (κ3) is 4.13. The van der Waals surface area contributed by atoms with Gasteiger partial charge in [0, 0.05) is 13.2 Å². The molecule has 1 aromatic carbocycles. The maximum Gasteiger partial charge on any atom is 0.335 e. The van der Waals surface area contributed by atoms with Crippen LogP contribution in [0.15, 0.2) is 12.1 Å². The SMILES string of the molecule is O=C(O)c1ccc(C(=O)O)c(CC2CCC(CO)CC2)c1CCO. The Morgan fingerprint density at radius 1 is 0.875 bits per heavy atom. The molecule has 0 radical (unpaired) electrons. The zero-order valence-corrected chi connectivity index (χ0v) is 13.6. The number of carboxylic acid groups (broad SMARTS) is 2. The smallest absolute Gasteiger partial charge is 0.335 e. The topological polar surface area (TPSA) is 115 Å². The molecule has 2 rings (SSSR count). The van der Waals surface area contributed by atoms with Gasteiger partial charge in [0.15, 0.2) is 0 Å². The molecule has 1 aromatic rings. The van der Waals surface area contributed by atoms with Crippen molar-refractivity contribution >= 4 is 11.9 Å². The molecule has 0 spiro atoms. The Morgan fingerprint density at radius 2 is 1.38 bits per heavy atom. The summed E-state index contributed by atoms with van der Waals surface area (Å²) < 4.78 is 0. The average Bonchev–Trinajstić information content (AvgIpc) is 2.56. The van der Waals surface area contributed by atoms with E-state index in [0.717, 1.165) is 25.7 Å². The minimum absolute atomic E-state index is 0.0631. The molecule has 0 heterocycles. The van der Waals surface area contributed by atoms with Crippen molar-refractivity contribution < 1.29 is 30.0 Å². The van der Waals surface area contributed by atoms with Gasteiger partial charge in [0.05, 0.1) is 11.1 Å². The van der Waals surface area contributed by atoms with Crippen molar-refractivity contribution in [2.75, 3.05) is 13.2 Å². The molecule has 24 heavy (non-hydrogen) atoms. The van der Waals surface area contributed by atoms with Gasteiger partial charge in [0.25, 0.3) is 0 Å². The van der Waals surface area contributed by atoms with E-state index in [9.17, 15) is 30.0 Å². The standard InChI is InChI=1S/C18H24O6/c19-8-7-13-14(17(21)22)5-6-15(18(23)24)16(13)9-11-1-3-12(10-20)4-2-11/h5-6,11-12,19-20H,1-4,7-10H2,(H,21,22)(H,23,24). The number of aliphatic hydroxyl groups excluding tert-OH is 2. The van der Waals surface area contributed by atoms with Crippen LogP contribution in [0.2, 0.25) is 0 Å². The summed E-state index contributed by atoms with van der Waals surface area (Å²) in [6, 6.07) is 2.66. The molecule has 0 atom stereocenters. The summed E-state index contributed by atoms with van der Waals surface area (Å²) in [7, 11) is 0. The van der Waals surface area contributed by atoms with Crippen LogP contribution in [0.25, 0.3) is 0 Å². The van der Waals surface area contributed by atoms with Gasteiger partial charge in [0.2, 0.25) is 0 Å². The van der Waals surface area contributed by atoms with Gasteiger partial charge in [-0.15, -0.1) is 0 Å². The lowest BCUT2D eigenvalue weighted by Crippen LogP contribution is -2.21. The van der Waals surface area contributed by atoms with E-state index in [1.165, 1.54) is 12.1 Å². The molecule has 0 bridgehead atoms. The Morgan fingerprint density at radius 3 is 1.83 bits per heavy atom. The highest BCUT2D eigenvalue weighted by atomic mass is 16.4. The van der Waals surface area contributed by atoms with Crippen LogP contribution in [-0.4, -0.2) is 45.6 Å². The normalized spacial score (nSPS) is 20.8. The zero-order valence-electron chi connectivity index (χ0n) is 13.6. The number of carbonyl (C=O) groups is 2. The van der Waals surface area contributed by atoms with Gasteiger partial charge in [-0.05, 0) is 73.6 Å². The molecule has 6 nitrogen and oxygen atoms in total. The van der Waals surface area contributed by atoms with Crippen LogP contribution in [-0.2, 0) is 12.8 Å². The monoisotopic (exact) mass is 336 g/mol.